The molecule has 0 aromatic heterocycles. The van der Waals surface area contributed by atoms with Crippen molar-refractivity contribution in [3.8, 4) is 0 Å². The summed E-state index contributed by atoms with van der Waals surface area (Å²) in [6.07, 6.45) is 0.733. The van der Waals surface area contributed by atoms with Crippen LogP contribution in [0.4, 0.5) is 0 Å². The Hall–Kier alpha value is -0.0800. The van der Waals surface area contributed by atoms with Gasteiger partial charge in [-0.1, -0.05) is 13.8 Å². The second-order valence-electron chi connectivity index (χ2n) is 3.25. The van der Waals surface area contributed by atoms with E-state index in [0.29, 0.717) is 0 Å². The predicted octanol–water partition coefficient (Wildman–Crippen LogP) is 0.140. The van der Waals surface area contributed by atoms with Crippen LogP contribution >= 0.6 is 0 Å². The third kappa shape index (κ3) is 0.565. The first-order chi connectivity index (χ1) is 3.52. The lowest BCUT2D eigenvalue weighted by atomic mass is 10.1. The maximum Gasteiger partial charge on any atom is 0.0935 e. The molecule has 0 aromatic rings. The maximum absolute atomic E-state index is 9.22. The minimum Gasteiger partial charge on any atom is -0.393 e. The summed E-state index contributed by atoms with van der Waals surface area (Å²) in [6, 6.07) is 0. The fraction of sp³-hybridized carbons (Fsp3) is 1.00. The van der Waals surface area contributed by atoms with Crippen LogP contribution in [0.5, 0.6) is 0 Å². The van der Waals surface area contributed by atoms with Crippen LogP contribution in [0.15, 0.2) is 0 Å². The van der Waals surface area contributed by atoms with Crippen molar-refractivity contribution in [3.63, 3.8) is 0 Å². The first-order valence-corrected chi connectivity index (χ1v) is 2.85. The SMILES string of the molecule is CC1(C)C[C@]1(O)CO. The van der Waals surface area contributed by atoms with Crippen molar-refractivity contribution >= 4 is 0 Å². The van der Waals surface area contributed by atoms with E-state index in [9.17, 15) is 5.11 Å². The Morgan fingerprint density at radius 1 is 1.50 bits per heavy atom. The summed E-state index contributed by atoms with van der Waals surface area (Å²) in [7, 11) is 0. The van der Waals surface area contributed by atoms with Crippen LogP contribution in [0.2, 0.25) is 0 Å². The molecule has 0 saturated heterocycles. The molecule has 1 fully saturated rings. The molecule has 0 heterocycles. The zero-order valence-corrected chi connectivity index (χ0v) is 5.31. The van der Waals surface area contributed by atoms with E-state index in [1.807, 2.05) is 13.8 Å². The number of rotatable bonds is 1. The molecule has 1 saturated carbocycles. The van der Waals surface area contributed by atoms with Crippen molar-refractivity contribution in [2.45, 2.75) is 25.9 Å². The van der Waals surface area contributed by atoms with Crippen LogP contribution < -0.4 is 0 Å². The highest BCUT2D eigenvalue weighted by atomic mass is 16.3. The van der Waals surface area contributed by atoms with E-state index in [2.05, 4.69) is 0 Å². The van der Waals surface area contributed by atoms with E-state index in [1.54, 1.807) is 0 Å². The van der Waals surface area contributed by atoms with E-state index < -0.39 is 5.60 Å². The Bertz CT molecular complexity index is 109. The van der Waals surface area contributed by atoms with E-state index in [-0.39, 0.29) is 12.0 Å². The number of aliphatic hydroxyl groups is 2. The summed E-state index contributed by atoms with van der Waals surface area (Å²) in [5.74, 6) is 0. The minimum absolute atomic E-state index is 0.0399. The van der Waals surface area contributed by atoms with Crippen molar-refractivity contribution in [1.29, 1.82) is 0 Å². The quantitative estimate of drug-likeness (QED) is 0.511. The first kappa shape index (κ1) is 6.05. The standard InChI is InChI=1S/C6H12O2/c1-5(2)3-6(5,8)4-7/h7-8H,3-4H2,1-2H3/t6-/m0/s1. The first-order valence-electron chi connectivity index (χ1n) is 2.85. The zero-order chi connectivity index (χ0) is 6.41. The highest BCUT2D eigenvalue weighted by Crippen LogP contribution is 2.54. The van der Waals surface area contributed by atoms with E-state index in [4.69, 9.17) is 5.11 Å². The molecule has 0 aromatic carbocycles. The molecular weight excluding hydrogens is 104 g/mol. The molecule has 8 heavy (non-hydrogen) atoms. The summed E-state index contributed by atoms with van der Waals surface area (Å²) in [5, 5.41) is 17.8. The van der Waals surface area contributed by atoms with Crippen LogP contribution in [0.3, 0.4) is 0 Å². The van der Waals surface area contributed by atoms with Gasteiger partial charge in [-0.15, -0.1) is 0 Å². The average Bonchev–Trinajstić information content (AvgIpc) is 2.10. The number of hydrogen-bond donors (Lipinski definition) is 2. The van der Waals surface area contributed by atoms with Gasteiger partial charge in [0.2, 0.25) is 0 Å². The van der Waals surface area contributed by atoms with Gasteiger partial charge in [0.05, 0.1) is 12.2 Å². The Morgan fingerprint density at radius 2 is 1.88 bits per heavy atom. The van der Waals surface area contributed by atoms with Crippen molar-refractivity contribution in [1.82, 2.24) is 0 Å². The van der Waals surface area contributed by atoms with Crippen molar-refractivity contribution < 1.29 is 10.2 Å². The molecule has 1 atom stereocenters. The summed E-state index contributed by atoms with van der Waals surface area (Å²) in [5.41, 5.74) is -0.797. The highest BCUT2D eigenvalue weighted by Gasteiger charge is 2.59. The molecule has 0 unspecified atom stereocenters. The smallest absolute Gasteiger partial charge is 0.0935 e. The summed E-state index contributed by atoms with van der Waals surface area (Å²) in [6.45, 7) is 3.80. The molecule has 0 radical (unpaired) electrons. The van der Waals surface area contributed by atoms with Crippen LogP contribution in [0, 0.1) is 5.41 Å². The molecule has 2 N–H and O–H groups in total. The number of hydrogen-bond acceptors (Lipinski definition) is 2. The summed E-state index contributed by atoms with van der Waals surface area (Å²) >= 11 is 0. The van der Waals surface area contributed by atoms with E-state index >= 15 is 0 Å². The van der Waals surface area contributed by atoms with E-state index in [0.717, 1.165) is 6.42 Å². The predicted molar refractivity (Wildman–Crippen MR) is 30.4 cm³/mol. The Morgan fingerprint density at radius 3 is 1.88 bits per heavy atom. The highest BCUT2D eigenvalue weighted by molar-refractivity contribution is 5.10. The number of aliphatic hydroxyl groups excluding tert-OH is 1. The van der Waals surface area contributed by atoms with Gasteiger partial charge in [0, 0.05) is 0 Å². The average molecular weight is 116 g/mol. The molecule has 0 spiro atoms. The van der Waals surface area contributed by atoms with E-state index in [1.165, 1.54) is 0 Å². The van der Waals surface area contributed by atoms with Crippen molar-refractivity contribution in [3.05, 3.63) is 0 Å². The molecular formula is C6H12O2. The topological polar surface area (TPSA) is 40.5 Å². The molecule has 0 bridgehead atoms. The van der Waals surface area contributed by atoms with Gasteiger partial charge >= 0.3 is 0 Å². The molecule has 1 aliphatic rings. The van der Waals surface area contributed by atoms with Crippen LogP contribution in [-0.2, 0) is 0 Å². The van der Waals surface area contributed by atoms with Gasteiger partial charge in [0.1, 0.15) is 0 Å². The van der Waals surface area contributed by atoms with Crippen LogP contribution in [-0.4, -0.2) is 22.4 Å². The second kappa shape index (κ2) is 1.25. The largest absolute Gasteiger partial charge is 0.393 e. The lowest BCUT2D eigenvalue weighted by molar-refractivity contribution is 0.0437. The van der Waals surface area contributed by atoms with Gasteiger partial charge in [-0.3, -0.25) is 0 Å². The van der Waals surface area contributed by atoms with Crippen LogP contribution in [0.25, 0.3) is 0 Å². The minimum atomic E-state index is -0.757. The molecule has 0 amide bonds. The van der Waals surface area contributed by atoms with Gasteiger partial charge in [-0.2, -0.15) is 0 Å². The lowest BCUT2D eigenvalue weighted by Gasteiger charge is -2.07. The Balaban J connectivity index is 2.55. The third-order valence-electron chi connectivity index (χ3n) is 2.13. The van der Waals surface area contributed by atoms with Crippen LogP contribution in [0.1, 0.15) is 20.3 Å². The second-order valence-corrected chi connectivity index (χ2v) is 3.25. The molecule has 2 nitrogen and oxygen atoms in total. The van der Waals surface area contributed by atoms with Gasteiger partial charge in [-0.25, -0.2) is 0 Å². The molecule has 1 rings (SSSR count). The van der Waals surface area contributed by atoms with Gasteiger partial charge < -0.3 is 10.2 Å². The summed E-state index contributed by atoms with van der Waals surface area (Å²) < 4.78 is 0. The molecule has 0 aliphatic heterocycles. The monoisotopic (exact) mass is 116 g/mol. The van der Waals surface area contributed by atoms with Gasteiger partial charge in [0.15, 0.2) is 0 Å². The molecule has 2 heteroatoms. The third-order valence-corrected chi connectivity index (χ3v) is 2.13. The fourth-order valence-electron chi connectivity index (χ4n) is 0.957. The lowest BCUT2D eigenvalue weighted by Crippen LogP contribution is -2.20. The summed E-state index contributed by atoms with van der Waals surface area (Å²) in [4.78, 5) is 0. The molecule has 48 valence electrons. The maximum atomic E-state index is 9.22. The fourth-order valence-corrected chi connectivity index (χ4v) is 0.957. The van der Waals surface area contributed by atoms with Gasteiger partial charge in [-0.05, 0) is 11.8 Å². The Kier molecular flexibility index (Phi) is 0.946. The van der Waals surface area contributed by atoms with Crippen molar-refractivity contribution in [2.75, 3.05) is 6.61 Å². The zero-order valence-electron chi connectivity index (χ0n) is 5.31. The Labute approximate surface area is 49.1 Å². The molecule has 1 aliphatic carbocycles. The normalized spacial score (nSPS) is 42.0. The van der Waals surface area contributed by atoms with Crippen molar-refractivity contribution in [2.24, 2.45) is 5.41 Å². The van der Waals surface area contributed by atoms with Gasteiger partial charge in [0.25, 0.3) is 0 Å².